The third-order valence-electron chi connectivity index (χ3n) is 6.25. The summed E-state index contributed by atoms with van der Waals surface area (Å²) >= 11 is 0. The quantitative estimate of drug-likeness (QED) is 0.446. The van der Waals surface area contributed by atoms with E-state index in [1.165, 1.54) is 11.1 Å². The Bertz CT molecular complexity index is 1150. The standard InChI is InChI=1S/C26H33N7O/c1-16-13-17(2)23(18(3)14-16)29-26-31-24(27)30-25(32-26)28-22-9-11-33(12-10-22)15-20-5-7-21(8-6-20)19(4)34/h5-8,13-14,22H,9-12,15H2,1-4H3,(H4,27,28,29,30,31,32). The van der Waals surface area contributed by atoms with Crippen LogP contribution in [0.1, 0.15) is 52.4 Å². The molecular weight excluding hydrogens is 426 g/mol. The number of carbonyl (C=O) groups is 1. The Hall–Kier alpha value is -3.52. The number of nitrogens with two attached hydrogens (primary N) is 1. The molecule has 4 N–H and O–H groups in total. The molecular formula is C26H33N7O. The number of anilines is 4. The molecule has 0 atom stereocenters. The van der Waals surface area contributed by atoms with Gasteiger partial charge in [0.2, 0.25) is 17.8 Å². The zero-order valence-electron chi connectivity index (χ0n) is 20.4. The smallest absolute Gasteiger partial charge is 0.233 e. The molecule has 0 spiro atoms. The van der Waals surface area contributed by atoms with Gasteiger partial charge in [-0.3, -0.25) is 9.69 Å². The molecule has 0 amide bonds. The number of likely N-dealkylation sites (tertiary alicyclic amines) is 1. The Morgan fingerprint density at radius 3 is 2.24 bits per heavy atom. The zero-order valence-corrected chi connectivity index (χ0v) is 20.4. The van der Waals surface area contributed by atoms with Crippen LogP contribution >= 0.6 is 0 Å². The fourth-order valence-electron chi connectivity index (χ4n) is 4.52. The maximum Gasteiger partial charge on any atom is 0.233 e. The van der Waals surface area contributed by atoms with Crippen LogP contribution in [0.5, 0.6) is 0 Å². The monoisotopic (exact) mass is 459 g/mol. The second-order valence-electron chi connectivity index (χ2n) is 9.19. The molecule has 34 heavy (non-hydrogen) atoms. The highest BCUT2D eigenvalue weighted by atomic mass is 16.1. The number of nitrogen functional groups attached to an aromatic ring is 1. The van der Waals surface area contributed by atoms with E-state index < -0.39 is 0 Å². The molecule has 0 radical (unpaired) electrons. The largest absolute Gasteiger partial charge is 0.368 e. The van der Waals surface area contributed by atoms with Crippen molar-refractivity contribution in [1.82, 2.24) is 19.9 Å². The summed E-state index contributed by atoms with van der Waals surface area (Å²) in [4.78, 5) is 27.0. The van der Waals surface area contributed by atoms with E-state index in [4.69, 9.17) is 5.73 Å². The van der Waals surface area contributed by atoms with Crippen molar-refractivity contribution >= 4 is 29.3 Å². The van der Waals surface area contributed by atoms with Crippen LogP contribution in [0.15, 0.2) is 36.4 Å². The fourth-order valence-corrected chi connectivity index (χ4v) is 4.52. The topological polar surface area (TPSA) is 109 Å². The van der Waals surface area contributed by atoms with E-state index in [0.717, 1.165) is 54.9 Å². The summed E-state index contributed by atoms with van der Waals surface area (Å²) in [6, 6.07) is 12.4. The molecule has 1 aliphatic rings. The Kier molecular flexibility index (Phi) is 7.07. The van der Waals surface area contributed by atoms with Gasteiger partial charge in [-0.25, -0.2) is 0 Å². The Labute approximate surface area is 201 Å². The number of piperidine rings is 1. The first-order chi connectivity index (χ1) is 16.3. The molecule has 2 aromatic carbocycles. The molecule has 1 aromatic heterocycles. The van der Waals surface area contributed by atoms with E-state index in [0.29, 0.717) is 11.9 Å². The molecule has 0 saturated carbocycles. The van der Waals surface area contributed by atoms with Crippen LogP contribution in [-0.4, -0.2) is 44.8 Å². The second-order valence-corrected chi connectivity index (χ2v) is 9.19. The molecule has 0 unspecified atom stereocenters. The number of carbonyl (C=O) groups excluding carboxylic acids is 1. The molecule has 8 heteroatoms. The molecule has 1 saturated heterocycles. The second kappa shape index (κ2) is 10.2. The fraction of sp³-hybridized carbons (Fsp3) is 0.385. The minimum atomic E-state index is 0.0971. The van der Waals surface area contributed by atoms with E-state index in [1.807, 2.05) is 24.3 Å². The molecule has 4 rings (SSSR count). The Morgan fingerprint density at radius 1 is 1.00 bits per heavy atom. The summed E-state index contributed by atoms with van der Waals surface area (Å²) in [6.45, 7) is 10.6. The van der Waals surface area contributed by atoms with Crippen molar-refractivity contribution in [1.29, 1.82) is 0 Å². The van der Waals surface area contributed by atoms with Gasteiger partial charge >= 0.3 is 0 Å². The minimum absolute atomic E-state index is 0.0971. The number of rotatable bonds is 7. The molecule has 1 aliphatic heterocycles. The van der Waals surface area contributed by atoms with Crippen LogP contribution in [0, 0.1) is 20.8 Å². The number of nitrogens with zero attached hydrogens (tertiary/aromatic N) is 4. The van der Waals surface area contributed by atoms with Crippen molar-refractivity contribution in [3.63, 3.8) is 0 Å². The van der Waals surface area contributed by atoms with Gasteiger partial charge in [-0.15, -0.1) is 0 Å². The highest BCUT2D eigenvalue weighted by Crippen LogP contribution is 2.25. The SMILES string of the molecule is CC(=O)c1ccc(CN2CCC(Nc3nc(N)nc(Nc4c(C)cc(C)cc4C)n3)CC2)cc1. The molecule has 0 aliphatic carbocycles. The number of hydrogen-bond donors (Lipinski definition) is 3. The van der Waals surface area contributed by atoms with Crippen LogP contribution in [0.4, 0.5) is 23.5 Å². The maximum absolute atomic E-state index is 11.5. The number of hydrogen-bond acceptors (Lipinski definition) is 8. The predicted molar refractivity (Wildman–Crippen MR) is 137 cm³/mol. The first-order valence-electron chi connectivity index (χ1n) is 11.7. The van der Waals surface area contributed by atoms with Gasteiger partial charge in [0.1, 0.15) is 0 Å². The van der Waals surface area contributed by atoms with Gasteiger partial charge in [0, 0.05) is 36.9 Å². The number of aromatic nitrogens is 3. The van der Waals surface area contributed by atoms with Gasteiger partial charge in [-0.2, -0.15) is 15.0 Å². The third kappa shape index (κ3) is 5.88. The lowest BCUT2D eigenvalue weighted by molar-refractivity contribution is 0.101. The number of aryl methyl sites for hydroxylation is 3. The van der Waals surface area contributed by atoms with Crippen LogP contribution in [0.25, 0.3) is 0 Å². The third-order valence-corrected chi connectivity index (χ3v) is 6.25. The average molecular weight is 460 g/mol. The Balaban J connectivity index is 1.35. The number of nitrogens with one attached hydrogen (secondary N) is 2. The lowest BCUT2D eigenvalue weighted by atomic mass is 10.0. The number of ketones is 1. The van der Waals surface area contributed by atoms with Gasteiger partial charge in [-0.05, 0) is 57.2 Å². The maximum atomic E-state index is 11.5. The number of benzene rings is 2. The first-order valence-corrected chi connectivity index (χ1v) is 11.7. The Morgan fingerprint density at radius 2 is 1.62 bits per heavy atom. The zero-order chi connectivity index (χ0) is 24.2. The molecule has 2 heterocycles. The van der Waals surface area contributed by atoms with Crippen LogP contribution < -0.4 is 16.4 Å². The number of Topliss-reactive ketones (excluding diaryl/α,β-unsaturated/α-hetero) is 1. The highest BCUT2D eigenvalue weighted by molar-refractivity contribution is 5.94. The predicted octanol–water partition coefficient (Wildman–Crippen LogP) is 4.40. The molecule has 0 bridgehead atoms. The molecule has 8 nitrogen and oxygen atoms in total. The summed E-state index contributed by atoms with van der Waals surface area (Å²) in [5.41, 5.74) is 12.4. The summed E-state index contributed by atoms with van der Waals surface area (Å²) < 4.78 is 0. The van der Waals surface area contributed by atoms with Crippen molar-refractivity contribution in [2.45, 2.75) is 53.1 Å². The van der Waals surface area contributed by atoms with Crippen molar-refractivity contribution in [2.24, 2.45) is 0 Å². The van der Waals surface area contributed by atoms with Crippen LogP contribution in [0.3, 0.4) is 0 Å². The van der Waals surface area contributed by atoms with Gasteiger partial charge in [0.25, 0.3) is 0 Å². The molecule has 1 fully saturated rings. The summed E-state index contributed by atoms with van der Waals surface area (Å²) in [7, 11) is 0. The van der Waals surface area contributed by atoms with Gasteiger partial charge in [-0.1, -0.05) is 42.0 Å². The average Bonchev–Trinajstić information content (AvgIpc) is 2.77. The van der Waals surface area contributed by atoms with Crippen molar-refractivity contribution < 1.29 is 4.79 Å². The van der Waals surface area contributed by atoms with E-state index in [9.17, 15) is 4.79 Å². The summed E-state index contributed by atoms with van der Waals surface area (Å²) in [5, 5.41) is 6.76. The van der Waals surface area contributed by atoms with Crippen LogP contribution in [0.2, 0.25) is 0 Å². The van der Waals surface area contributed by atoms with Crippen LogP contribution in [-0.2, 0) is 6.54 Å². The van der Waals surface area contributed by atoms with Gasteiger partial charge < -0.3 is 16.4 Å². The normalized spacial score (nSPS) is 14.7. The lowest BCUT2D eigenvalue weighted by Gasteiger charge is -2.32. The van der Waals surface area contributed by atoms with E-state index in [-0.39, 0.29) is 17.8 Å². The molecule has 178 valence electrons. The van der Waals surface area contributed by atoms with Crippen molar-refractivity contribution in [3.05, 3.63) is 64.2 Å². The van der Waals surface area contributed by atoms with Crippen molar-refractivity contribution in [2.75, 3.05) is 29.5 Å². The summed E-state index contributed by atoms with van der Waals surface area (Å²) in [6.07, 6.45) is 1.96. The van der Waals surface area contributed by atoms with E-state index in [2.05, 4.69) is 63.4 Å². The van der Waals surface area contributed by atoms with E-state index >= 15 is 0 Å². The minimum Gasteiger partial charge on any atom is -0.368 e. The van der Waals surface area contributed by atoms with E-state index in [1.54, 1.807) is 6.92 Å². The summed E-state index contributed by atoms with van der Waals surface area (Å²) in [5.74, 6) is 1.22. The highest BCUT2D eigenvalue weighted by Gasteiger charge is 2.20. The van der Waals surface area contributed by atoms with Gasteiger partial charge in [0.15, 0.2) is 5.78 Å². The van der Waals surface area contributed by atoms with Crippen molar-refractivity contribution in [3.8, 4) is 0 Å². The molecule has 3 aromatic rings. The lowest BCUT2D eigenvalue weighted by Crippen LogP contribution is -2.39. The first kappa shape index (κ1) is 23.6. The van der Waals surface area contributed by atoms with Gasteiger partial charge in [0.05, 0.1) is 0 Å².